The molecule has 0 radical (unpaired) electrons. The number of hydrogen-bond acceptors (Lipinski definition) is 6. The van der Waals surface area contributed by atoms with Crippen LogP contribution in [-0.2, 0) is 36.8 Å². The zero-order valence-corrected chi connectivity index (χ0v) is 26.1. The lowest BCUT2D eigenvalue weighted by Gasteiger charge is -2.28. The number of carboxylic acids is 1. The predicted molar refractivity (Wildman–Crippen MR) is 177 cm³/mol. The third-order valence-electron chi connectivity index (χ3n) is 8.87. The molecule has 1 saturated heterocycles. The van der Waals surface area contributed by atoms with Crippen LogP contribution in [0.25, 0.3) is 11.1 Å². The molecule has 244 valence electrons. The van der Waals surface area contributed by atoms with E-state index < -0.39 is 47.9 Å². The molecule has 1 fully saturated rings. The molecule has 4 aromatic carbocycles. The number of hydrogen-bond donors (Lipinski definition) is 3. The molecular formula is C38H35N3O7. The number of carbonyl (C=O) groups is 5. The maximum absolute atomic E-state index is 14.0. The molecule has 0 aromatic heterocycles. The first kappa shape index (κ1) is 32.2. The average molecular weight is 646 g/mol. The highest BCUT2D eigenvalue weighted by atomic mass is 16.5. The van der Waals surface area contributed by atoms with Gasteiger partial charge < -0.3 is 20.5 Å². The second-order valence-corrected chi connectivity index (χ2v) is 12.0. The van der Waals surface area contributed by atoms with Gasteiger partial charge in [0.1, 0.15) is 24.7 Å². The van der Waals surface area contributed by atoms with Crippen LogP contribution >= 0.6 is 0 Å². The Morgan fingerprint density at radius 2 is 1.25 bits per heavy atom. The number of rotatable bonds is 11. The second-order valence-electron chi connectivity index (χ2n) is 12.0. The number of carboxylic acid groups (broad SMARTS) is 1. The van der Waals surface area contributed by atoms with Gasteiger partial charge in [0.05, 0.1) is 0 Å². The van der Waals surface area contributed by atoms with E-state index in [0.717, 1.165) is 32.7 Å². The Morgan fingerprint density at radius 3 is 1.81 bits per heavy atom. The number of imide groups is 1. The second kappa shape index (κ2) is 14.3. The van der Waals surface area contributed by atoms with Crippen molar-refractivity contribution < 1.29 is 33.8 Å². The molecular weight excluding hydrogens is 610 g/mol. The normalized spacial score (nSPS) is 16.4. The van der Waals surface area contributed by atoms with Gasteiger partial charge in [-0.2, -0.15) is 0 Å². The molecule has 4 aromatic rings. The monoisotopic (exact) mass is 645 g/mol. The number of nitrogens with one attached hydrogen (secondary N) is 2. The summed E-state index contributed by atoms with van der Waals surface area (Å²) >= 11 is 0. The maximum atomic E-state index is 14.0. The highest BCUT2D eigenvalue weighted by Crippen LogP contribution is 2.44. The molecule has 1 aliphatic heterocycles. The number of alkyl carbamates (subject to hydrolysis) is 1. The summed E-state index contributed by atoms with van der Waals surface area (Å²) < 4.78 is 5.71. The van der Waals surface area contributed by atoms with Gasteiger partial charge in [-0.05, 0) is 39.8 Å². The highest BCUT2D eigenvalue weighted by molar-refractivity contribution is 6.05. The minimum Gasteiger partial charge on any atom is -0.480 e. The first-order chi connectivity index (χ1) is 23.3. The van der Waals surface area contributed by atoms with Crippen LogP contribution in [0.5, 0.6) is 0 Å². The van der Waals surface area contributed by atoms with Gasteiger partial charge in [-0.1, -0.05) is 109 Å². The molecule has 3 atom stereocenters. The summed E-state index contributed by atoms with van der Waals surface area (Å²) in [5.41, 5.74) is 5.64. The molecule has 6 rings (SSSR count). The van der Waals surface area contributed by atoms with Crippen LogP contribution in [0.2, 0.25) is 0 Å². The largest absolute Gasteiger partial charge is 0.480 e. The van der Waals surface area contributed by atoms with Crippen molar-refractivity contribution in [2.75, 3.05) is 6.61 Å². The van der Waals surface area contributed by atoms with E-state index in [1.807, 2.05) is 54.6 Å². The minimum atomic E-state index is -1.27. The van der Waals surface area contributed by atoms with Crippen LogP contribution in [0.4, 0.5) is 4.79 Å². The smallest absolute Gasteiger partial charge is 0.407 e. The first-order valence-corrected chi connectivity index (χ1v) is 15.9. The molecule has 0 unspecified atom stereocenters. The van der Waals surface area contributed by atoms with Gasteiger partial charge in [0, 0.05) is 25.2 Å². The summed E-state index contributed by atoms with van der Waals surface area (Å²) in [5, 5.41) is 15.0. The van der Waals surface area contributed by atoms with E-state index in [1.54, 1.807) is 54.6 Å². The van der Waals surface area contributed by atoms with E-state index in [2.05, 4.69) is 10.6 Å². The van der Waals surface area contributed by atoms with Gasteiger partial charge in [-0.15, -0.1) is 0 Å². The maximum Gasteiger partial charge on any atom is 0.407 e. The Labute approximate surface area is 277 Å². The van der Waals surface area contributed by atoms with Crippen LogP contribution in [0.3, 0.4) is 0 Å². The summed E-state index contributed by atoms with van der Waals surface area (Å²) in [7, 11) is 0. The van der Waals surface area contributed by atoms with E-state index in [0.29, 0.717) is 5.56 Å². The quantitative estimate of drug-likeness (QED) is 0.219. The summed E-state index contributed by atoms with van der Waals surface area (Å²) in [6, 6.07) is 29.9. The van der Waals surface area contributed by atoms with Crippen molar-refractivity contribution in [1.29, 1.82) is 0 Å². The molecule has 0 spiro atoms. The van der Waals surface area contributed by atoms with Gasteiger partial charge in [0.15, 0.2) is 0 Å². The Kier molecular flexibility index (Phi) is 9.61. The zero-order chi connectivity index (χ0) is 33.6. The molecule has 1 aliphatic carbocycles. The Balaban J connectivity index is 1.18. The zero-order valence-electron chi connectivity index (χ0n) is 26.1. The van der Waals surface area contributed by atoms with Crippen molar-refractivity contribution in [2.24, 2.45) is 0 Å². The molecule has 0 bridgehead atoms. The Bertz CT molecular complexity index is 1780. The van der Waals surface area contributed by atoms with E-state index in [1.165, 1.54) is 0 Å². The molecule has 3 N–H and O–H groups in total. The third-order valence-corrected chi connectivity index (χ3v) is 8.87. The lowest BCUT2D eigenvalue weighted by Crippen LogP contribution is -2.57. The summed E-state index contributed by atoms with van der Waals surface area (Å²) in [6.07, 6.45) is -0.836. The fourth-order valence-corrected chi connectivity index (χ4v) is 6.53. The Hall–Kier alpha value is -5.77. The van der Waals surface area contributed by atoms with Gasteiger partial charge in [0.2, 0.25) is 11.8 Å². The van der Waals surface area contributed by atoms with Gasteiger partial charge in [-0.3, -0.25) is 19.3 Å². The molecule has 10 heteroatoms. The fraction of sp³-hybridized carbons (Fsp3) is 0.237. The molecule has 4 amide bonds. The standard InChI is InChI=1S/C38H35N3O7/c42-34-20-19-33(35(43)39-32(37(45)46)22-25-13-5-2-6-14-25)41(34)36(44)31(21-24-11-3-1-4-12-24)40-38(47)48-23-30-28-17-9-7-15-26(28)27-16-8-10-18-29(27)30/h1-18,30-33H,19-23H2,(H,39,43)(H,40,47)(H,45,46)/t31-,32-,33+/m0/s1. The van der Waals surface area contributed by atoms with Crippen LogP contribution in [-0.4, -0.2) is 64.5 Å². The predicted octanol–water partition coefficient (Wildman–Crippen LogP) is 4.47. The molecule has 1 heterocycles. The van der Waals surface area contributed by atoms with Gasteiger partial charge >= 0.3 is 12.1 Å². The summed E-state index contributed by atoms with van der Waals surface area (Å²) in [6.45, 7) is 0.0256. The van der Waals surface area contributed by atoms with Gasteiger partial charge in [-0.25, -0.2) is 9.59 Å². The number of aliphatic carboxylic acids is 1. The van der Waals surface area contributed by atoms with E-state index >= 15 is 0 Å². The lowest BCUT2D eigenvalue weighted by molar-refractivity contribution is -0.149. The fourth-order valence-electron chi connectivity index (χ4n) is 6.53. The SMILES string of the molecule is O=C(N[C@@H](Cc1ccccc1)C(=O)N1C(=O)CC[C@@H]1C(=O)N[C@@H](Cc1ccccc1)C(=O)O)OCC1c2ccccc2-c2ccccc21. The summed E-state index contributed by atoms with van der Waals surface area (Å²) in [5.74, 6) is -3.55. The van der Waals surface area contributed by atoms with Crippen molar-refractivity contribution in [3.8, 4) is 11.1 Å². The molecule has 2 aliphatic rings. The first-order valence-electron chi connectivity index (χ1n) is 15.9. The van der Waals surface area contributed by atoms with Crippen molar-refractivity contribution in [2.45, 2.75) is 49.7 Å². The number of nitrogens with zero attached hydrogens (tertiary/aromatic N) is 1. The van der Waals surface area contributed by atoms with Crippen molar-refractivity contribution in [3.63, 3.8) is 0 Å². The Morgan fingerprint density at radius 1 is 0.729 bits per heavy atom. The van der Waals surface area contributed by atoms with Crippen molar-refractivity contribution in [3.05, 3.63) is 131 Å². The van der Waals surface area contributed by atoms with E-state index in [-0.39, 0.29) is 38.2 Å². The van der Waals surface area contributed by atoms with Crippen LogP contribution < -0.4 is 10.6 Å². The van der Waals surface area contributed by atoms with E-state index in [9.17, 15) is 29.1 Å². The molecule has 10 nitrogen and oxygen atoms in total. The number of carbonyl (C=O) groups excluding carboxylic acids is 4. The van der Waals surface area contributed by atoms with Crippen molar-refractivity contribution >= 4 is 29.8 Å². The van der Waals surface area contributed by atoms with Crippen LogP contribution in [0.15, 0.2) is 109 Å². The molecule has 0 saturated carbocycles. The van der Waals surface area contributed by atoms with E-state index in [4.69, 9.17) is 4.74 Å². The van der Waals surface area contributed by atoms with Gasteiger partial charge in [0.25, 0.3) is 5.91 Å². The number of likely N-dealkylation sites (tertiary alicyclic amines) is 1. The topological polar surface area (TPSA) is 142 Å². The molecule has 48 heavy (non-hydrogen) atoms. The number of ether oxygens (including phenoxy) is 1. The van der Waals surface area contributed by atoms with Crippen molar-refractivity contribution in [1.82, 2.24) is 15.5 Å². The highest BCUT2D eigenvalue weighted by Gasteiger charge is 2.44. The third kappa shape index (κ3) is 6.97. The van der Waals surface area contributed by atoms with Crippen LogP contribution in [0.1, 0.15) is 41.0 Å². The average Bonchev–Trinajstić information content (AvgIpc) is 3.65. The summed E-state index contributed by atoms with van der Waals surface area (Å²) in [4.78, 5) is 66.8. The number of benzene rings is 4. The number of amides is 4. The lowest BCUT2D eigenvalue weighted by atomic mass is 9.98. The number of fused-ring (bicyclic) bond motifs is 3. The van der Waals surface area contributed by atoms with Crippen LogP contribution in [0, 0.1) is 0 Å². The minimum absolute atomic E-state index is 0.0243.